The quantitative estimate of drug-likeness (QED) is 0.841. The van der Waals surface area contributed by atoms with Crippen LogP contribution in [0.5, 0.6) is 0 Å². The summed E-state index contributed by atoms with van der Waals surface area (Å²) in [5.41, 5.74) is 1.18. The molecule has 0 atom stereocenters. The van der Waals surface area contributed by atoms with E-state index in [-0.39, 0.29) is 11.1 Å². The Hall–Kier alpha value is -0.440. The molecule has 2 nitrogen and oxygen atoms in total. The maximum absolute atomic E-state index is 6.30. The van der Waals surface area contributed by atoms with Crippen LogP contribution < -0.4 is 10.2 Å². The van der Waals surface area contributed by atoms with Crippen molar-refractivity contribution in [2.45, 2.75) is 38.8 Å². The highest BCUT2D eigenvalue weighted by Crippen LogP contribution is 2.33. The second-order valence-corrected chi connectivity index (χ2v) is 7.19. The lowest BCUT2D eigenvalue weighted by Crippen LogP contribution is -2.67. The van der Waals surface area contributed by atoms with Gasteiger partial charge < -0.3 is 10.2 Å². The first kappa shape index (κ1) is 14.0. The molecule has 1 N–H and O–H groups in total. The molecule has 4 heteroatoms. The molecule has 1 saturated heterocycles. The number of rotatable bonds is 1. The van der Waals surface area contributed by atoms with E-state index in [9.17, 15) is 0 Å². The number of hydrogen-bond donors (Lipinski definition) is 1. The molecule has 0 saturated carbocycles. The summed E-state index contributed by atoms with van der Waals surface area (Å²) in [6.45, 7) is 10.7. The Kier molecular flexibility index (Phi) is 3.56. The van der Waals surface area contributed by atoms with Crippen LogP contribution in [0.3, 0.4) is 0 Å². The third-order valence-corrected chi connectivity index (χ3v) is 3.64. The van der Waals surface area contributed by atoms with Crippen LogP contribution in [0.15, 0.2) is 18.2 Å². The van der Waals surface area contributed by atoms with E-state index in [2.05, 4.69) is 37.9 Å². The van der Waals surface area contributed by atoms with Gasteiger partial charge in [0, 0.05) is 29.2 Å². The summed E-state index contributed by atoms with van der Waals surface area (Å²) in [6.07, 6.45) is 0. The lowest BCUT2D eigenvalue weighted by Gasteiger charge is -2.49. The number of halogens is 2. The van der Waals surface area contributed by atoms with E-state index >= 15 is 0 Å². The lowest BCUT2D eigenvalue weighted by atomic mass is 9.91. The zero-order valence-corrected chi connectivity index (χ0v) is 12.9. The van der Waals surface area contributed by atoms with Gasteiger partial charge in [0.25, 0.3) is 0 Å². The molecule has 0 bridgehead atoms. The molecule has 1 aromatic carbocycles. The van der Waals surface area contributed by atoms with Gasteiger partial charge in [0.2, 0.25) is 0 Å². The summed E-state index contributed by atoms with van der Waals surface area (Å²) in [4.78, 5) is 2.33. The molecule has 1 aliphatic rings. The molecule has 18 heavy (non-hydrogen) atoms. The van der Waals surface area contributed by atoms with Crippen molar-refractivity contribution in [3.05, 3.63) is 28.2 Å². The van der Waals surface area contributed by atoms with Gasteiger partial charge in [-0.15, -0.1) is 0 Å². The molecule has 1 fully saturated rings. The molecular formula is C14H20Cl2N2. The second kappa shape index (κ2) is 4.59. The van der Waals surface area contributed by atoms with Crippen LogP contribution in [0.25, 0.3) is 0 Å². The van der Waals surface area contributed by atoms with Crippen LogP contribution in [0.1, 0.15) is 27.7 Å². The first-order valence-corrected chi connectivity index (χ1v) is 6.94. The molecule has 1 aromatic rings. The molecule has 0 aromatic heterocycles. The van der Waals surface area contributed by atoms with Gasteiger partial charge in [-0.25, -0.2) is 0 Å². The number of piperazine rings is 1. The molecule has 0 unspecified atom stereocenters. The average Bonchev–Trinajstić information content (AvgIpc) is 2.11. The summed E-state index contributed by atoms with van der Waals surface area (Å²) >= 11 is 12.3. The summed E-state index contributed by atoms with van der Waals surface area (Å²) in [5, 5.41) is 5.05. The number of nitrogens with zero attached hydrogens (tertiary/aromatic N) is 1. The van der Waals surface area contributed by atoms with Crippen molar-refractivity contribution >= 4 is 28.9 Å². The van der Waals surface area contributed by atoms with Gasteiger partial charge in [0.15, 0.2) is 0 Å². The second-order valence-electron chi connectivity index (χ2n) is 6.34. The standard InChI is InChI=1S/C14H20Cl2N2/c1-13(2)8-18(9-14(3,4)17-13)12-6-5-10(15)7-11(12)16/h5-7,17H,8-9H2,1-4H3. The molecule has 1 aliphatic heterocycles. The minimum atomic E-state index is 0.0602. The monoisotopic (exact) mass is 286 g/mol. The van der Waals surface area contributed by atoms with Crippen LogP contribution >= 0.6 is 23.2 Å². The Morgan fingerprint density at radius 2 is 1.61 bits per heavy atom. The SMILES string of the molecule is CC1(C)CN(c2ccc(Cl)cc2Cl)CC(C)(C)N1. The molecule has 0 aliphatic carbocycles. The van der Waals surface area contributed by atoms with E-state index < -0.39 is 0 Å². The molecule has 0 amide bonds. The van der Waals surface area contributed by atoms with Crippen LogP contribution in [0.2, 0.25) is 10.0 Å². The average molecular weight is 287 g/mol. The highest BCUT2D eigenvalue weighted by atomic mass is 35.5. The van der Waals surface area contributed by atoms with E-state index in [0.29, 0.717) is 5.02 Å². The van der Waals surface area contributed by atoms with Crippen LogP contribution in [-0.2, 0) is 0 Å². The van der Waals surface area contributed by atoms with Gasteiger partial charge in [-0.05, 0) is 45.9 Å². The maximum atomic E-state index is 6.30. The van der Waals surface area contributed by atoms with Gasteiger partial charge in [0.05, 0.1) is 10.7 Å². The summed E-state index contributed by atoms with van der Waals surface area (Å²) in [6, 6.07) is 5.70. The Morgan fingerprint density at radius 3 is 2.11 bits per heavy atom. The van der Waals surface area contributed by atoms with Gasteiger partial charge in [-0.1, -0.05) is 23.2 Å². The highest BCUT2D eigenvalue weighted by molar-refractivity contribution is 6.36. The van der Waals surface area contributed by atoms with E-state index in [1.807, 2.05) is 12.1 Å². The fourth-order valence-corrected chi connectivity index (χ4v) is 3.44. The molecule has 0 spiro atoms. The van der Waals surface area contributed by atoms with Gasteiger partial charge in [0.1, 0.15) is 0 Å². The first-order valence-electron chi connectivity index (χ1n) is 6.18. The van der Waals surface area contributed by atoms with Crippen molar-refractivity contribution in [1.82, 2.24) is 5.32 Å². The zero-order chi connectivity index (χ0) is 13.6. The largest absolute Gasteiger partial charge is 0.367 e. The molecule has 2 rings (SSSR count). The van der Waals surface area contributed by atoms with Crippen molar-refractivity contribution in [3.63, 3.8) is 0 Å². The summed E-state index contributed by atoms with van der Waals surface area (Å²) < 4.78 is 0. The van der Waals surface area contributed by atoms with Crippen molar-refractivity contribution in [3.8, 4) is 0 Å². The Labute approximate surface area is 119 Å². The molecular weight excluding hydrogens is 267 g/mol. The zero-order valence-electron chi connectivity index (χ0n) is 11.3. The third-order valence-electron chi connectivity index (χ3n) is 3.10. The third kappa shape index (κ3) is 3.11. The normalized spacial score (nSPS) is 22.0. The van der Waals surface area contributed by atoms with Crippen molar-refractivity contribution < 1.29 is 0 Å². The predicted molar refractivity (Wildman–Crippen MR) is 80.0 cm³/mol. The van der Waals surface area contributed by atoms with Crippen LogP contribution in [0, 0.1) is 0 Å². The summed E-state index contributed by atoms with van der Waals surface area (Å²) in [7, 11) is 0. The minimum Gasteiger partial charge on any atom is -0.367 e. The van der Waals surface area contributed by atoms with E-state index in [1.165, 1.54) is 0 Å². The van der Waals surface area contributed by atoms with Crippen LogP contribution in [-0.4, -0.2) is 24.2 Å². The topological polar surface area (TPSA) is 15.3 Å². The number of benzene rings is 1. The fraction of sp³-hybridized carbons (Fsp3) is 0.571. The Morgan fingerprint density at radius 1 is 1.06 bits per heavy atom. The van der Waals surface area contributed by atoms with Crippen molar-refractivity contribution in [2.24, 2.45) is 0 Å². The van der Waals surface area contributed by atoms with Crippen LogP contribution in [0.4, 0.5) is 5.69 Å². The summed E-state index contributed by atoms with van der Waals surface area (Å²) in [5.74, 6) is 0. The Balaban J connectivity index is 2.32. The van der Waals surface area contributed by atoms with Crippen molar-refractivity contribution in [1.29, 1.82) is 0 Å². The Bertz CT molecular complexity index is 439. The number of anilines is 1. The predicted octanol–water partition coefficient (Wildman–Crippen LogP) is 3.96. The first-order chi connectivity index (χ1) is 8.19. The maximum Gasteiger partial charge on any atom is 0.0654 e. The molecule has 1 heterocycles. The van der Waals surface area contributed by atoms with Crippen molar-refractivity contribution in [2.75, 3.05) is 18.0 Å². The molecule has 0 radical (unpaired) electrons. The van der Waals surface area contributed by atoms with Gasteiger partial charge in [-0.2, -0.15) is 0 Å². The molecule has 100 valence electrons. The van der Waals surface area contributed by atoms with E-state index in [4.69, 9.17) is 23.2 Å². The van der Waals surface area contributed by atoms with Gasteiger partial charge in [-0.3, -0.25) is 0 Å². The van der Waals surface area contributed by atoms with E-state index in [0.717, 1.165) is 23.8 Å². The number of hydrogen-bond acceptors (Lipinski definition) is 2. The lowest BCUT2D eigenvalue weighted by molar-refractivity contribution is 0.226. The number of nitrogens with one attached hydrogen (secondary N) is 1. The van der Waals surface area contributed by atoms with Gasteiger partial charge >= 0.3 is 0 Å². The fourth-order valence-electron chi connectivity index (χ4n) is 2.91. The minimum absolute atomic E-state index is 0.0602. The smallest absolute Gasteiger partial charge is 0.0654 e. The van der Waals surface area contributed by atoms with E-state index in [1.54, 1.807) is 6.07 Å². The highest BCUT2D eigenvalue weighted by Gasteiger charge is 2.36.